The van der Waals surface area contributed by atoms with Gasteiger partial charge >= 0.3 is 0 Å². The number of nitrogens with two attached hydrogens (primary N) is 1. The Labute approximate surface area is 257 Å². The molecule has 2 aromatic heterocycles. The summed E-state index contributed by atoms with van der Waals surface area (Å²) in [5.74, 6) is 3.53. The maximum atomic E-state index is 16.8. The van der Waals surface area contributed by atoms with Gasteiger partial charge in [0.05, 0.1) is 26.1 Å². The third-order valence-electron chi connectivity index (χ3n) is 8.32. The van der Waals surface area contributed by atoms with Gasteiger partial charge in [-0.15, -0.1) is 5.54 Å². The first-order valence-electron chi connectivity index (χ1n) is 14.6. The zero-order chi connectivity index (χ0) is 30.5. The molecule has 1 fully saturated rings. The fourth-order valence-electron chi connectivity index (χ4n) is 5.45. The van der Waals surface area contributed by atoms with Crippen molar-refractivity contribution in [3.05, 3.63) is 83.4 Å². The summed E-state index contributed by atoms with van der Waals surface area (Å²) >= 11 is 6.13. The molecule has 2 aromatic carbocycles. The lowest BCUT2D eigenvalue weighted by Gasteiger charge is -2.30. The average Bonchev–Trinajstić information content (AvgIpc) is 3.56. The largest absolute Gasteiger partial charge is 0.382 e. The van der Waals surface area contributed by atoms with Crippen molar-refractivity contribution in [3.63, 3.8) is 0 Å². The van der Waals surface area contributed by atoms with Crippen molar-refractivity contribution < 1.29 is 18.6 Å². The van der Waals surface area contributed by atoms with E-state index in [1.807, 2.05) is 60.7 Å². The van der Waals surface area contributed by atoms with E-state index in [-0.39, 0.29) is 30.0 Å². The Bertz CT molecular complexity index is 1570. The Hall–Kier alpha value is -3.33. The minimum Gasteiger partial charge on any atom is -0.382 e. The molecule has 1 saturated heterocycles. The Balaban J connectivity index is 1.58. The van der Waals surface area contributed by atoms with Crippen molar-refractivity contribution in [1.82, 2.24) is 19.5 Å². The van der Waals surface area contributed by atoms with E-state index in [9.17, 15) is 0 Å². The summed E-state index contributed by atoms with van der Waals surface area (Å²) in [7, 11) is -1.97. The van der Waals surface area contributed by atoms with Crippen LogP contribution in [0.25, 0.3) is 11.2 Å². The number of fused-ring (bicyclic) bond motifs is 1. The number of aromatic nitrogens is 4. The molecule has 0 saturated carbocycles. The van der Waals surface area contributed by atoms with Crippen molar-refractivity contribution in [2.75, 3.05) is 12.3 Å². The summed E-state index contributed by atoms with van der Waals surface area (Å²) in [6.45, 7) is 7.02. The summed E-state index contributed by atoms with van der Waals surface area (Å²) in [5.41, 5.74) is 10.7. The van der Waals surface area contributed by atoms with E-state index in [0.717, 1.165) is 29.3 Å². The highest BCUT2D eigenvalue weighted by atomic mass is 35.5. The summed E-state index contributed by atoms with van der Waals surface area (Å²) in [4.78, 5) is 12.6. The lowest BCUT2D eigenvalue weighted by molar-refractivity contribution is -0.123. The molecule has 1 aliphatic rings. The predicted octanol–water partition coefficient (Wildman–Crippen LogP) is 6.52. The topological polar surface area (TPSA) is 97.3 Å². The molecule has 226 valence electrons. The van der Waals surface area contributed by atoms with Crippen LogP contribution in [0.15, 0.2) is 67.0 Å². The first kappa shape index (κ1) is 31.1. The Morgan fingerprint density at radius 2 is 1.63 bits per heavy atom. The second-order valence-electron chi connectivity index (χ2n) is 10.8. The van der Waals surface area contributed by atoms with Gasteiger partial charge in [0, 0.05) is 0 Å². The van der Waals surface area contributed by atoms with E-state index >= 15 is 4.39 Å². The number of nitrogen functional groups attached to an aromatic ring is 1. The molecule has 0 bridgehead atoms. The van der Waals surface area contributed by atoms with E-state index in [2.05, 4.69) is 47.2 Å². The number of rotatable bonds is 11. The molecular weight excluding hydrogens is 585 g/mol. The van der Waals surface area contributed by atoms with Crippen LogP contribution in [0.5, 0.6) is 0 Å². The zero-order valence-electron chi connectivity index (χ0n) is 24.7. The van der Waals surface area contributed by atoms with Crippen LogP contribution in [0.1, 0.15) is 38.1 Å². The Morgan fingerprint density at radius 1 is 1.00 bits per heavy atom. The maximum Gasteiger partial charge on any atom is 0.226 e. The second kappa shape index (κ2) is 13.5. The molecule has 0 aliphatic carbocycles. The lowest BCUT2D eigenvalue weighted by Crippen LogP contribution is -2.47. The third-order valence-corrected chi connectivity index (χ3v) is 13.2. The van der Waals surface area contributed by atoms with Crippen molar-refractivity contribution in [3.8, 4) is 11.5 Å². The predicted molar refractivity (Wildman–Crippen MR) is 169 cm³/mol. The van der Waals surface area contributed by atoms with Crippen LogP contribution < -0.4 is 5.73 Å². The van der Waals surface area contributed by atoms with E-state index in [1.165, 1.54) is 10.9 Å². The van der Waals surface area contributed by atoms with Gasteiger partial charge in [0.15, 0.2) is 29.5 Å². The number of benzene rings is 2. The second-order valence-corrected chi connectivity index (χ2v) is 16.1. The van der Waals surface area contributed by atoms with Gasteiger partial charge in [-0.25, -0.2) is 9.37 Å². The molecule has 0 amide bonds. The van der Waals surface area contributed by atoms with Gasteiger partial charge in [-0.05, 0) is 40.9 Å². The molecule has 2 N–H and O–H groups in total. The number of hydrogen-bond donors (Lipinski definition) is 1. The van der Waals surface area contributed by atoms with E-state index in [1.54, 1.807) is 0 Å². The number of halogens is 2. The van der Waals surface area contributed by atoms with Crippen molar-refractivity contribution >= 4 is 36.7 Å². The van der Waals surface area contributed by atoms with Crippen LogP contribution in [-0.2, 0) is 27.4 Å². The van der Waals surface area contributed by atoms with Gasteiger partial charge in [0.2, 0.25) is 5.28 Å². The molecule has 0 radical (unpaired) electrons. The van der Waals surface area contributed by atoms with Crippen LogP contribution in [-0.4, -0.2) is 52.1 Å². The number of hydrogen-bond acceptors (Lipinski definition) is 7. The van der Waals surface area contributed by atoms with Crippen molar-refractivity contribution in [2.45, 2.75) is 76.2 Å². The van der Waals surface area contributed by atoms with Gasteiger partial charge in [0.1, 0.15) is 19.7 Å². The monoisotopic (exact) mass is 621 g/mol. The Morgan fingerprint density at radius 3 is 2.26 bits per heavy atom. The molecule has 1 aliphatic heterocycles. The summed E-state index contributed by atoms with van der Waals surface area (Å²) < 4.78 is 37.6. The van der Waals surface area contributed by atoms with Crippen LogP contribution >= 0.6 is 11.6 Å². The highest BCUT2D eigenvalue weighted by Gasteiger charge is 2.58. The smallest absolute Gasteiger partial charge is 0.226 e. The van der Waals surface area contributed by atoms with Crippen LogP contribution in [0, 0.1) is 11.5 Å². The van der Waals surface area contributed by atoms with Gasteiger partial charge in [0.25, 0.3) is 0 Å². The molecule has 8 nitrogen and oxygen atoms in total. The molecule has 0 spiro atoms. The molecule has 43 heavy (non-hydrogen) atoms. The van der Waals surface area contributed by atoms with Crippen LogP contribution in [0.2, 0.25) is 23.4 Å². The molecule has 5 rings (SSSR count). The van der Waals surface area contributed by atoms with Gasteiger partial charge in [-0.3, -0.25) is 4.57 Å². The van der Waals surface area contributed by atoms with Gasteiger partial charge < -0.3 is 19.9 Å². The average molecular weight is 622 g/mol. The normalized spacial score (nSPS) is 22.0. The fourth-order valence-corrected chi connectivity index (χ4v) is 8.13. The SMILES string of the molecule is CC[Si](C#C[C@]1(COCc2ccccc2)O[C@@H](n2cnc3c(N)nc(Cl)nc32)[C@@H](F)[C@@H]1OCc1ccccc1)(CC)CC. The molecule has 0 unspecified atom stereocenters. The summed E-state index contributed by atoms with van der Waals surface area (Å²) in [6, 6.07) is 22.4. The molecule has 4 atom stereocenters. The van der Waals surface area contributed by atoms with E-state index in [4.69, 9.17) is 31.5 Å². The van der Waals surface area contributed by atoms with Crippen molar-refractivity contribution in [2.24, 2.45) is 0 Å². The third kappa shape index (κ3) is 6.61. The number of alkyl halides is 1. The van der Waals surface area contributed by atoms with Crippen LogP contribution in [0.3, 0.4) is 0 Å². The number of nitrogens with zero attached hydrogens (tertiary/aromatic N) is 4. The maximum absolute atomic E-state index is 16.8. The minimum absolute atomic E-state index is 0.00258. The zero-order valence-corrected chi connectivity index (χ0v) is 26.4. The number of ether oxygens (including phenoxy) is 3. The number of imidazole rings is 1. The fraction of sp³-hybridized carbons (Fsp3) is 0.406. The summed E-state index contributed by atoms with van der Waals surface area (Å²) in [6.07, 6.45) is -2.46. The van der Waals surface area contributed by atoms with E-state index in [0.29, 0.717) is 12.1 Å². The quantitative estimate of drug-likeness (QED) is 0.116. The minimum atomic E-state index is -1.97. The first-order chi connectivity index (χ1) is 20.8. The highest BCUT2D eigenvalue weighted by Crippen LogP contribution is 2.43. The Kier molecular flexibility index (Phi) is 9.79. The lowest BCUT2D eigenvalue weighted by atomic mass is 9.97. The van der Waals surface area contributed by atoms with Crippen LogP contribution in [0.4, 0.5) is 10.2 Å². The molecule has 3 heterocycles. The standard InChI is InChI=1S/C32H37ClFN5O3Si/c1-4-43(5-2,6-3)18-17-32(21-40-19-23-13-9-7-10-14-23)27(41-20-24-15-11-8-12-16-24)25(34)30(42-32)39-22-36-26-28(35)37-31(33)38-29(26)39/h7-16,22,25,27,30H,4-6,19-21H2,1-3H3,(H2,35,37,38)/t25-,27-,30+,32+/m0/s1. The number of anilines is 1. The highest BCUT2D eigenvalue weighted by molar-refractivity contribution is 6.87. The summed E-state index contributed by atoms with van der Waals surface area (Å²) in [5, 5.41) is -0.0705. The molecule has 4 aromatic rings. The first-order valence-corrected chi connectivity index (χ1v) is 17.6. The van der Waals surface area contributed by atoms with Crippen molar-refractivity contribution in [1.29, 1.82) is 0 Å². The molecular formula is C32H37ClFN5O3Si. The van der Waals surface area contributed by atoms with E-state index < -0.39 is 32.2 Å². The van der Waals surface area contributed by atoms with Gasteiger partial charge in [-0.1, -0.05) is 87.4 Å². The molecule has 11 heteroatoms. The van der Waals surface area contributed by atoms with Gasteiger partial charge in [-0.2, -0.15) is 9.97 Å².